The summed E-state index contributed by atoms with van der Waals surface area (Å²) in [6.07, 6.45) is 0. The van der Waals surface area contributed by atoms with E-state index in [2.05, 4.69) is 14.2 Å². The topological polar surface area (TPSA) is 117 Å². The van der Waals surface area contributed by atoms with Crippen molar-refractivity contribution in [2.75, 3.05) is 20.3 Å². The molecule has 0 amide bonds. The Morgan fingerprint density at radius 3 is 2.65 bits per heavy atom. The molecule has 0 bridgehead atoms. The molecule has 0 heterocycles. The second kappa shape index (κ2) is 7.03. The van der Waals surface area contributed by atoms with E-state index in [9.17, 15) is 19.5 Å². The fourth-order valence-corrected chi connectivity index (χ4v) is 1.87. The van der Waals surface area contributed by atoms with E-state index >= 15 is 0 Å². The molecule has 2 atom stereocenters. The number of phosphoric ester groups is 1. The molecule has 20 heavy (non-hydrogen) atoms. The van der Waals surface area contributed by atoms with Crippen LogP contribution in [-0.4, -0.2) is 25.4 Å². The minimum Gasteiger partial charge on any atom is -0.756 e. The van der Waals surface area contributed by atoms with Crippen molar-refractivity contribution in [1.29, 1.82) is 0 Å². The molecule has 8 nitrogen and oxygen atoms in total. The lowest BCUT2D eigenvalue weighted by atomic mass is 10.1. The molecule has 1 rings (SSSR count). The first-order chi connectivity index (χ1) is 9.32. The van der Waals surface area contributed by atoms with Crippen molar-refractivity contribution in [2.45, 2.75) is 12.7 Å². The fraction of sp³-hybridized carbons (Fsp3) is 0.455. The number of rotatable bonds is 8. The van der Waals surface area contributed by atoms with E-state index in [1.54, 1.807) is 12.1 Å². The van der Waals surface area contributed by atoms with Gasteiger partial charge in [0.25, 0.3) is 7.82 Å². The van der Waals surface area contributed by atoms with Gasteiger partial charge in [0.05, 0.1) is 13.2 Å². The lowest BCUT2D eigenvalue weighted by Gasteiger charge is -2.26. The van der Waals surface area contributed by atoms with Gasteiger partial charge in [-0.25, -0.2) is 0 Å². The Labute approximate surface area is 115 Å². The van der Waals surface area contributed by atoms with Gasteiger partial charge in [-0.05, 0) is 18.2 Å². The summed E-state index contributed by atoms with van der Waals surface area (Å²) in [4.78, 5) is 21.5. The second-order valence-corrected chi connectivity index (χ2v) is 5.42. The van der Waals surface area contributed by atoms with Crippen LogP contribution in [0.15, 0.2) is 29.4 Å². The zero-order chi connectivity index (χ0) is 15.2. The molecule has 0 radical (unpaired) electrons. The average molecular weight is 304 g/mol. The van der Waals surface area contributed by atoms with Crippen LogP contribution < -0.4 is 4.89 Å². The van der Waals surface area contributed by atoms with E-state index < -0.39 is 13.6 Å². The monoisotopic (exact) mass is 304 g/mol. The Morgan fingerprint density at radius 2 is 2.05 bits per heavy atom. The van der Waals surface area contributed by atoms with Crippen LogP contribution in [0.25, 0.3) is 0 Å². The van der Waals surface area contributed by atoms with Crippen LogP contribution in [0.1, 0.15) is 12.5 Å². The van der Waals surface area contributed by atoms with Crippen molar-refractivity contribution in [1.82, 2.24) is 0 Å². The van der Waals surface area contributed by atoms with Gasteiger partial charge in [0.1, 0.15) is 5.69 Å². The number of hydrogen-bond acceptors (Lipinski definition) is 8. The van der Waals surface area contributed by atoms with Crippen LogP contribution in [-0.2, 0) is 24.1 Å². The first-order valence-electron chi connectivity index (χ1n) is 5.63. The van der Waals surface area contributed by atoms with Crippen molar-refractivity contribution >= 4 is 13.5 Å². The molecule has 1 aromatic rings. The maximum absolute atomic E-state index is 10.9. The molecule has 0 aromatic heterocycles. The Hall–Kier alpha value is -1.15. The summed E-state index contributed by atoms with van der Waals surface area (Å²) in [5.41, 5.74) is 0.205. The molecule has 1 N–H and O–H groups in total. The van der Waals surface area contributed by atoms with E-state index in [1.165, 1.54) is 19.1 Å². The first kappa shape index (κ1) is 16.9. The van der Waals surface area contributed by atoms with Gasteiger partial charge in [0.2, 0.25) is 0 Å². The number of phosphoric acid groups is 1. The van der Waals surface area contributed by atoms with Crippen molar-refractivity contribution in [3.8, 4) is 0 Å². The molecule has 9 heteroatoms. The van der Waals surface area contributed by atoms with Gasteiger partial charge in [0, 0.05) is 12.7 Å². The molecular weight excluding hydrogens is 289 g/mol. The minimum absolute atomic E-state index is 0.0322. The van der Waals surface area contributed by atoms with Crippen molar-refractivity contribution in [2.24, 2.45) is 5.18 Å². The zero-order valence-corrected chi connectivity index (χ0v) is 11.9. The number of aliphatic hydroxyl groups is 1. The molecule has 0 fully saturated rings. The fourth-order valence-electron chi connectivity index (χ4n) is 1.47. The summed E-state index contributed by atoms with van der Waals surface area (Å²) in [6, 6.07) is 6.10. The first-order valence-corrected chi connectivity index (χ1v) is 7.09. The predicted molar refractivity (Wildman–Crippen MR) is 68.0 cm³/mol. The van der Waals surface area contributed by atoms with Crippen LogP contribution in [0.3, 0.4) is 0 Å². The Balaban J connectivity index is 2.62. The van der Waals surface area contributed by atoms with Crippen LogP contribution in [0, 0.1) is 4.91 Å². The summed E-state index contributed by atoms with van der Waals surface area (Å²) < 4.78 is 24.5. The summed E-state index contributed by atoms with van der Waals surface area (Å²) in [7, 11) is -3.35. The SMILES string of the molecule is COP(=O)([O-])OCCOC(C)(O)c1ccccc1N=O. The average Bonchev–Trinajstić information content (AvgIpc) is 2.43. The van der Waals surface area contributed by atoms with E-state index in [1.807, 2.05) is 0 Å². The van der Waals surface area contributed by atoms with Crippen molar-refractivity contribution in [3.05, 3.63) is 34.7 Å². The van der Waals surface area contributed by atoms with Crippen LogP contribution >= 0.6 is 7.82 Å². The number of benzene rings is 1. The van der Waals surface area contributed by atoms with Gasteiger partial charge in [0.15, 0.2) is 5.79 Å². The van der Waals surface area contributed by atoms with Crippen LogP contribution in [0.5, 0.6) is 0 Å². The van der Waals surface area contributed by atoms with Crippen molar-refractivity contribution < 1.29 is 28.3 Å². The summed E-state index contributed by atoms with van der Waals surface area (Å²) in [5, 5.41) is 12.9. The lowest BCUT2D eigenvalue weighted by Crippen LogP contribution is -2.27. The maximum atomic E-state index is 10.9. The summed E-state index contributed by atoms with van der Waals surface area (Å²) >= 11 is 0. The third-order valence-corrected chi connectivity index (χ3v) is 3.39. The number of nitroso groups, excluding NO2 is 1. The predicted octanol–water partition coefficient (Wildman–Crippen LogP) is 1.40. The quantitative estimate of drug-likeness (QED) is 0.334. The third kappa shape index (κ3) is 4.75. The highest BCUT2D eigenvalue weighted by molar-refractivity contribution is 7.45. The zero-order valence-electron chi connectivity index (χ0n) is 11.0. The Bertz CT molecular complexity index is 505. The largest absolute Gasteiger partial charge is 0.756 e. The molecule has 0 aliphatic carbocycles. The van der Waals surface area contributed by atoms with Crippen molar-refractivity contribution in [3.63, 3.8) is 0 Å². The molecule has 0 saturated carbocycles. The second-order valence-electron chi connectivity index (χ2n) is 3.90. The molecular formula is C11H15NO7P-. The smallest absolute Gasteiger partial charge is 0.267 e. The highest BCUT2D eigenvalue weighted by Gasteiger charge is 2.27. The number of hydrogen-bond donors (Lipinski definition) is 1. The van der Waals surface area contributed by atoms with Crippen LogP contribution in [0.2, 0.25) is 0 Å². The molecule has 1 aromatic carbocycles. The maximum Gasteiger partial charge on any atom is 0.267 e. The highest BCUT2D eigenvalue weighted by Crippen LogP contribution is 2.37. The van der Waals surface area contributed by atoms with Crippen LogP contribution in [0.4, 0.5) is 5.69 Å². The molecule has 0 spiro atoms. The van der Waals surface area contributed by atoms with E-state index in [4.69, 9.17) is 4.74 Å². The van der Waals surface area contributed by atoms with Gasteiger partial charge < -0.3 is 23.8 Å². The van der Waals surface area contributed by atoms with E-state index in [0.717, 1.165) is 7.11 Å². The molecule has 112 valence electrons. The number of nitrogens with zero attached hydrogens (tertiary/aromatic N) is 1. The molecule has 0 aliphatic heterocycles. The lowest BCUT2D eigenvalue weighted by molar-refractivity contribution is -0.231. The van der Waals surface area contributed by atoms with E-state index in [-0.39, 0.29) is 24.5 Å². The Morgan fingerprint density at radius 1 is 1.40 bits per heavy atom. The molecule has 2 unspecified atom stereocenters. The van der Waals surface area contributed by atoms with Gasteiger partial charge in [-0.15, -0.1) is 4.91 Å². The van der Waals surface area contributed by atoms with Gasteiger partial charge in [-0.2, -0.15) is 0 Å². The highest BCUT2D eigenvalue weighted by atomic mass is 31.2. The van der Waals surface area contributed by atoms with Gasteiger partial charge in [-0.3, -0.25) is 4.57 Å². The molecule has 0 saturated heterocycles. The van der Waals surface area contributed by atoms with Gasteiger partial charge >= 0.3 is 0 Å². The Kier molecular flexibility index (Phi) is 5.94. The van der Waals surface area contributed by atoms with Gasteiger partial charge in [-0.1, -0.05) is 18.2 Å². The third-order valence-electron chi connectivity index (χ3n) is 2.44. The minimum atomic E-state index is -4.32. The summed E-state index contributed by atoms with van der Waals surface area (Å²) in [6.45, 7) is 0.751. The molecule has 0 aliphatic rings. The number of ether oxygens (including phenoxy) is 1. The normalized spacial score (nSPS) is 17.2. The summed E-state index contributed by atoms with van der Waals surface area (Å²) in [5.74, 6) is -1.80. The standard InChI is InChI=1S/C11H16NO7P/c1-11(13,9-5-3-4-6-10(9)12-14)18-7-8-19-20(15,16)17-2/h3-6,13H,7-8H2,1-2H3,(H,15,16)/p-1. The van der Waals surface area contributed by atoms with E-state index in [0.29, 0.717) is 0 Å².